The molecule has 0 spiro atoms. The van der Waals surface area contributed by atoms with Crippen molar-refractivity contribution in [1.82, 2.24) is 5.48 Å². The fourth-order valence-corrected chi connectivity index (χ4v) is 1.29. The lowest BCUT2D eigenvalue weighted by Crippen LogP contribution is -2.29. The predicted molar refractivity (Wildman–Crippen MR) is 50.9 cm³/mol. The third-order valence-electron chi connectivity index (χ3n) is 2.30. The van der Waals surface area contributed by atoms with Gasteiger partial charge in [-0.05, 0) is 24.7 Å². The monoisotopic (exact) mass is 185 g/mol. The summed E-state index contributed by atoms with van der Waals surface area (Å²) in [7, 11) is 0. The quantitative estimate of drug-likeness (QED) is 0.664. The standard InChI is InChI=1S/C10H19NO2/c1-8(2)7-13-11-10(12)6-9-4-3-5-9/h8-9H,3-7H2,1-2H3,(H,11,12). The van der Waals surface area contributed by atoms with E-state index in [0.29, 0.717) is 24.9 Å². The number of amides is 1. The highest BCUT2D eigenvalue weighted by Crippen LogP contribution is 2.28. The Morgan fingerprint density at radius 2 is 2.23 bits per heavy atom. The van der Waals surface area contributed by atoms with Gasteiger partial charge in [-0.3, -0.25) is 9.63 Å². The summed E-state index contributed by atoms with van der Waals surface area (Å²) in [6.45, 7) is 4.70. The summed E-state index contributed by atoms with van der Waals surface area (Å²) in [6, 6.07) is 0. The van der Waals surface area contributed by atoms with Crippen molar-refractivity contribution in [3.05, 3.63) is 0 Å². The summed E-state index contributed by atoms with van der Waals surface area (Å²) in [6.07, 6.45) is 4.33. The van der Waals surface area contributed by atoms with E-state index in [9.17, 15) is 4.79 Å². The second kappa shape index (κ2) is 5.22. The van der Waals surface area contributed by atoms with Crippen molar-refractivity contribution in [2.75, 3.05) is 6.61 Å². The van der Waals surface area contributed by atoms with Crippen LogP contribution in [0, 0.1) is 11.8 Å². The predicted octanol–water partition coefficient (Wildman–Crippen LogP) is 1.88. The van der Waals surface area contributed by atoms with Crippen molar-refractivity contribution in [1.29, 1.82) is 0 Å². The molecule has 1 amide bonds. The van der Waals surface area contributed by atoms with Crippen LogP contribution < -0.4 is 5.48 Å². The smallest absolute Gasteiger partial charge is 0.243 e. The van der Waals surface area contributed by atoms with Crippen LogP contribution in [-0.4, -0.2) is 12.5 Å². The van der Waals surface area contributed by atoms with Gasteiger partial charge in [0.2, 0.25) is 5.91 Å². The molecule has 0 aliphatic heterocycles. The largest absolute Gasteiger partial charge is 0.273 e. The summed E-state index contributed by atoms with van der Waals surface area (Å²) < 4.78 is 0. The summed E-state index contributed by atoms with van der Waals surface area (Å²) in [5, 5.41) is 0. The SMILES string of the molecule is CC(C)CONC(=O)CC1CCC1. The van der Waals surface area contributed by atoms with Gasteiger partial charge >= 0.3 is 0 Å². The zero-order valence-corrected chi connectivity index (χ0v) is 8.51. The van der Waals surface area contributed by atoms with Gasteiger partial charge in [0.25, 0.3) is 0 Å². The maximum atomic E-state index is 11.2. The molecule has 1 aliphatic carbocycles. The minimum absolute atomic E-state index is 0.0327. The molecule has 0 atom stereocenters. The van der Waals surface area contributed by atoms with E-state index in [0.717, 1.165) is 0 Å². The molecule has 0 radical (unpaired) electrons. The molecule has 1 N–H and O–H groups in total. The van der Waals surface area contributed by atoms with E-state index in [1.807, 2.05) is 0 Å². The van der Waals surface area contributed by atoms with E-state index in [1.165, 1.54) is 19.3 Å². The number of nitrogens with one attached hydrogen (secondary N) is 1. The van der Waals surface area contributed by atoms with Crippen LogP contribution in [-0.2, 0) is 9.63 Å². The third-order valence-corrected chi connectivity index (χ3v) is 2.30. The average molecular weight is 185 g/mol. The molecule has 0 bridgehead atoms. The van der Waals surface area contributed by atoms with Crippen molar-refractivity contribution in [2.24, 2.45) is 11.8 Å². The number of carbonyl (C=O) groups excluding carboxylic acids is 1. The number of hydrogen-bond donors (Lipinski definition) is 1. The highest BCUT2D eigenvalue weighted by atomic mass is 16.6. The van der Waals surface area contributed by atoms with Gasteiger partial charge in [0, 0.05) is 6.42 Å². The van der Waals surface area contributed by atoms with Gasteiger partial charge in [-0.25, -0.2) is 5.48 Å². The fourth-order valence-electron chi connectivity index (χ4n) is 1.29. The van der Waals surface area contributed by atoms with E-state index >= 15 is 0 Å². The van der Waals surface area contributed by atoms with Crippen LogP contribution in [0.3, 0.4) is 0 Å². The molecule has 0 heterocycles. The zero-order chi connectivity index (χ0) is 9.68. The number of rotatable bonds is 5. The van der Waals surface area contributed by atoms with Crippen LogP contribution in [0.5, 0.6) is 0 Å². The summed E-state index contributed by atoms with van der Waals surface area (Å²) in [4.78, 5) is 16.2. The highest BCUT2D eigenvalue weighted by molar-refractivity contribution is 5.75. The Morgan fingerprint density at radius 3 is 2.69 bits per heavy atom. The topological polar surface area (TPSA) is 38.3 Å². The number of hydroxylamine groups is 1. The van der Waals surface area contributed by atoms with Gasteiger partial charge in [-0.15, -0.1) is 0 Å². The van der Waals surface area contributed by atoms with Crippen LogP contribution in [0.15, 0.2) is 0 Å². The molecule has 1 rings (SSSR count). The molecule has 1 saturated carbocycles. The Labute approximate surface area is 79.8 Å². The highest BCUT2D eigenvalue weighted by Gasteiger charge is 2.20. The summed E-state index contributed by atoms with van der Waals surface area (Å²) in [5.74, 6) is 1.11. The molecule has 0 aromatic rings. The average Bonchev–Trinajstić information content (AvgIpc) is 1.96. The van der Waals surface area contributed by atoms with Crippen LogP contribution in [0.4, 0.5) is 0 Å². The molecule has 76 valence electrons. The first-order valence-electron chi connectivity index (χ1n) is 5.09. The van der Waals surface area contributed by atoms with Crippen LogP contribution in [0.1, 0.15) is 39.5 Å². The first-order valence-corrected chi connectivity index (χ1v) is 5.09. The van der Waals surface area contributed by atoms with Crippen LogP contribution in [0.25, 0.3) is 0 Å². The Morgan fingerprint density at radius 1 is 1.54 bits per heavy atom. The molecule has 1 fully saturated rings. The molecule has 0 unspecified atom stereocenters. The Bertz CT molecular complexity index is 164. The minimum atomic E-state index is 0.0327. The maximum Gasteiger partial charge on any atom is 0.243 e. The molecule has 0 aromatic heterocycles. The lowest BCUT2D eigenvalue weighted by Gasteiger charge is -2.24. The second-order valence-corrected chi connectivity index (χ2v) is 4.23. The van der Waals surface area contributed by atoms with Crippen molar-refractivity contribution < 1.29 is 9.63 Å². The van der Waals surface area contributed by atoms with Crippen LogP contribution >= 0.6 is 0 Å². The normalized spacial score (nSPS) is 17.2. The molecular weight excluding hydrogens is 166 g/mol. The molecule has 3 heteroatoms. The first kappa shape index (κ1) is 10.5. The molecule has 13 heavy (non-hydrogen) atoms. The molecule has 1 aliphatic rings. The lowest BCUT2D eigenvalue weighted by atomic mass is 9.83. The van der Waals surface area contributed by atoms with Crippen molar-refractivity contribution in [3.8, 4) is 0 Å². The van der Waals surface area contributed by atoms with Gasteiger partial charge in [0.15, 0.2) is 0 Å². The van der Waals surface area contributed by atoms with Crippen LogP contribution in [0.2, 0.25) is 0 Å². The van der Waals surface area contributed by atoms with Gasteiger partial charge in [-0.2, -0.15) is 0 Å². The van der Waals surface area contributed by atoms with Crippen molar-refractivity contribution in [2.45, 2.75) is 39.5 Å². The van der Waals surface area contributed by atoms with E-state index in [-0.39, 0.29) is 5.91 Å². The van der Waals surface area contributed by atoms with E-state index in [2.05, 4.69) is 19.3 Å². The molecule has 3 nitrogen and oxygen atoms in total. The first-order chi connectivity index (χ1) is 6.18. The lowest BCUT2D eigenvalue weighted by molar-refractivity contribution is -0.135. The third kappa shape index (κ3) is 4.27. The van der Waals surface area contributed by atoms with Crippen molar-refractivity contribution in [3.63, 3.8) is 0 Å². The van der Waals surface area contributed by atoms with Gasteiger partial charge in [-0.1, -0.05) is 20.3 Å². The van der Waals surface area contributed by atoms with Crippen molar-refractivity contribution >= 4 is 5.91 Å². The maximum absolute atomic E-state index is 11.2. The van der Waals surface area contributed by atoms with E-state index in [1.54, 1.807) is 0 Å². The van der Waals surface area contributed by atoms with Gasteiger partial charge in [0.05, 0.1) is 6.61 Å². The molecule has 0 aromatic carbocycles. The zero-order valence-electron chi connectivity index (χ0n) is 8.51. The number of carbonyl (C=O) groups is 1. The number of hydrogen-bond acceptors (Lipinski definition) is 2. The van der Waals surface area contributed by atoms with Gasteiger partial charge < -0.3 is 0 Å². The minimum Gasteiger partial charge on any atom is -0.273 e. The Kier molecular flexibility index (Phi) is 4.22. The summed E-state index contributed by atoms with van der Waals surface area (Å²) in [5.41, 5.74) is 2.47. The Hall–Kier alpha value is -0.570. The summed E-state index contributed by atoms with van der Waals surface area (Å²) >= 11 is 0. The van der Waals surface area contributed by atoms with E-state index < -0.39 is 0 Å². The van der Waals surface area contributed by atoms with Gasteiger partial charge in [0.1, 0.15) is 0 Å². The molecule has 0 saturated heterocycles. The molecular formula is C10H19NO2. The second-order valence-electron chi connectivity index (χ2n) is 4.23. The Balaban J connectivity index is 1.97. The fraction of sp³-hybridized carbons (Fsp3) is 0.900. The van der Waals surface area contributed by atoms with E-state index in [4.69, 9.17) is 4.84 Å².